The summed E-state index contributed by atoms with van der Waals surface area (Å²) in [6.45, 7) is 8.77. The molecule has 2 rings (SSSR count). The van der Waals surface area contributed by atoms with Gasteiger partial charge in [-0.15, -0.1) is 12.6 Å². The zero-order chi connectivity index (χ0) is 13.5. The van der Waals surface area contributed by atoms with Crippen molar-refractivity contribution in [2.24, 2.45) is 0 Å². The number of nitrogens with zero attached hydrogens (tertiary/aromatic N) is 3. The number of thiol groups is 1. The van der Waals surface area contributed by atoms with Gasteiger partial charge in [0.05, 0.1) is 31.0 Å². The van der Waals surface area contributed by atoms with Crippen LogP contribution in [0.5, 0.6) is 0 Å². The van der Waals surface area contributed by atoms with Crippen LogP contribution in [-0.2, 0) is 17.8 Å². The van der Waals surface area contributed by atoms with Gasteiger partial charge in [-0.2, -0.15) is 5.10 Å². The Kier molecular flexibility index (Phi) is 3.31. The molecule has 6 heteroatoms. The zero-order valence-corrected chi connectivity index (χ0v) is 12.1. The van der Waals surface area contributed by atoms with E-state index in [2.05, 4.69) is 17.7 Å². The Balaban J connectivity index is 2.16. The second kappa shape index (κ2) is 4.50. The van der Waals surface area contributed by atoms with Gasteiger partial charge in [-0.25, -0.2) is 4.79 Å². The summed E-state index contributed by atoms with van der Waals surface area (Å²) in [5.74, 6) is 0. The maximum atomic E-state index is 12.1. The molecule has 0 saturated carbocycles. The smallest absolute Gasteiger partial charge is 0.410 e. The largest absolute Gasteiger partial charge is 0.444 e. The lowest BCUT2D eigenvalue weighted by molar-refractivity contribution is 0.00879. The van der Waals surface area contributed by atoms with Crippen LogP contribution in [0.1, 0.15) is 33.4 Å². The van der Waals surface area contributed by atoms with E-state index in [1.807, 2.05) is 32.4 Å². The molecule has 1 aromatic heterocycles. The second-order valence-electron chi connectivity index (χ2n) is 5.62. The van der Waals surface area contributed by atoms with Crippen molar-refractivity contribution in [2.45, 2.75) is 57.3 Å². The van der Waals surface area contributed by atoms with E-state index < -0.39 is 5.60 Å². The minimum atomic E-state index is -0.474. The highest BCUT2D eigenvalue weighted by Gasteiger charge is 2.31. The molecule has 18 heavy (non-hydrogen) atoms. The topological polar surface area (TPSA) is 47.4 Å². The van der Waals surface area contributed by atoms with Crippen LogP contribution in [0.15, 0.2) is 11.1 Å². The first-order chi connectivity index (χ1) is 8.28. The van der Waals surface area contributed by atoms with E-state index in [0.717, 1.165) is 10.6 Å². The lowest BCUT2D eigenvalue weighted by atomic mass is 10.2. The van der Waals surface area contributed by atoms with Crippen molar-refractivity contribution in [1.29, 1.82) is 0 Å². The van der Waals surface area contributed by atoms with Gasteiger partial charge in [0, 0.05) is 4.90 Å². The molecule has 0 aliphatic carbocycles. The van der Waals surface area contributed by atoms with E-state index in [4.69, 9.17) is 4.74 Å². The number of aromatic nitrogens is 2. The number of ether oxygens (including phenoxy) is 1. The summed E-state index contributed by atoms with van der Waals surface area (Å²) < 4.78 is 7.31. The molecule has 1 aliphatic rings. The number of carbonyl (C=O) groups is 1. The molecule has 1 aromatic rings. The molecular weight excluding hydrogens is 250 g/mol. The fraction of sp³-hybridized carbons (Fsp3) is 0.667. The third-order valence-electron chi connectivity index (χ3n) is 2.84. The van der Waals surface area contributed by atoms with Gasteiger partial charge in [-0.05, 0) is 27.7 Å². The third-order valence-corrected chi connectivity index (χ3v) is 3.22. The zero-order valence-electron chi connectivity index (χ0n) is 11.2. The predicted molar refractivity (Wildman–Crippen MR) is 70.7 cm³/mol. The Hall–Kier alpha value is -1.17. The van der Waals surface area contributed by atoms with Crippen LogP contribution in [0.4, 0.5) is 4.79 Å². The molecule has 1 atom stereocenters. The van der Waals surface area contributed by atoms with Crippen LogP contribution in [0.2, 0.25) is 0 Å². The van der Waals surface area contributed by atoms with Crippen LogP contribution < -0.4 is 0 Å². The average molecular weight is 269 g/mol. The minimum absolute atomic E-state index is 0.0694. The van der Waals surface area contributed by atoms with E-state index in [0.29, 0.717) is 13.1 Å². The summed E-state index contributed by atoms with van der Waals surface area (Å²) in [5, 5.41) is 4.24. The third kappa shape index (κ3) is 2.63. The molecule has 0 radical (unpaired) electrons. The molecular formula is C12H19N3O2S. The molecule has 0 N–H and O–H groups in total. The molecule has 1 aliphatic heterocycles. The summed E-state index contributed by atoms with van der Waals surface area (Å²) in [7, 11) is 0. The van der Waals surface area contributed by atoms with Gasteiger partial charge in [0.25, 0.3) is 0 Å². The Morgan fingerprint density at radius 1 is 1.56 bits per heavy atom. The summed E-state index contributed by atoms with van der Waals surface area (Å²) in [6.07, 6.45) is 1.43. The van der Waals surface area contributed by atoms with E-state index in [-0.39, 0.29) is 12.1 Å². The summed E-state index contributed by atoms with van der Waals surface area (Å²) >= 11 is 4.35. The van der Waals surface area contributed by atoms with Crippen LogP contribution >= 0.6 is 12.6 Å². The summed E-state index contributed by atoms with van der Waals surface area (Å²) in [6, 6.07) is 0.0694. The van der Waals surface area contributed by atoms with E-state index in [1.54, 1.807) is 11.1 Å². The fourth-order valence-corrected chi connectivity index (χ4v) is 2.19. The van der Waals surface area contributed by atoms with Gasteiger partial charge >= 0.3 is 6.09 Å². The fourth-order valence-electron chi connectivity index (χ4n) is 1.95. The highest BCUT2D eigenvalue weighted by atomic mass is 32.1. The molecule has 0 aromatic carbocycles. The number of carbonyl (C=O) groups excluding carboxylic acids is 1. The lowest BCUT2D eigenvalue weighted by Crippen LogP contribution is -2.47. The minimum Gasteiger partial charge on any atom is -0.444 e. The molecule has 0 saturated heterocycles. The molecule has 1 amide bonds. The van der Waals surface area contributed by atoms with Gasteiger partial charge in [0.15, 0.2) is 0 Å². The molecule has 0 fully saturated rings. The van der Waals surface area contributed by atoms with E-state index >= 15 is 0 Å². The van der Waals surface area contributed by atoms with Crippen molar-refractivity contribution in [3.63, 3.8) is 0 Å². The SMILES string of the molecule is C[C@H]1Cn2ncc(S)c2CN1C(=O)OC(C)(C)C. The van der Waals surface area contributed by atoms with Crippen molar-refractivity contribution in [3.05, 3.63) is 11.9 Å². The number of rotatable bonds is 0. The van der Waals surface area contributed by atoms with Crippen LogP contribution in [0, 0.1) is 0 Å². The van der Waals surface area contributed by atoms with Gasteiger partial charge in [-0.3, -0.25) is 9.58 Å². The van der Waals surface area contributed by atoms with Gasteiger partial charge < -0.3 is 4.74 Å². The second-order valence-corrected chi connectivity index (χ2v) is 6.10. The lowest BCUT2D eigenvalue weighted by Gasteiger charge is -2.35. The van der Waals surface area contributed by atoms with Crippen molar-refractivity contribution in [2.75, 3.05) is 0 Å². The molecule has 0 bridgehead atoms. The van der Waals surface area contributed by atoms with Crippen molar-refractivity contribution >= 4 is 18.7 Å². The predicted octanol–water partition coefficient (Wildman–Crippen LogP) is 2.31. The van der Waals surface area contributed by atoms with Crippen molar-refractivity contribution in [1.82, 2.24) is 14.7 Å². The van der Waals surface area contributed by atoms with Gasteiger partial charge in [0.1, 0.15) is 5.60 Å². The summed E-state index contributed by atoms with van der Waals surface area (Å²) in [5.41, 5.74) is 0.487. The number of fused-ring (bicyclic) bond motifs is 1. The first-order valence-electron chi connectivity index (χ1n) is 6.01. The Bertz CT molecular complexity index is 464. The maximum absolute atomic E-state index is 12.1. The molecule has 5 nitrogen and oxygen atoms in total. The molecule has 100 valence electrons. The van der Waals surface area contributed by atoms with E-state index in [1.165, 1.54) is 0 Å². The highest BCUT2D eigenvalue weighted by Crippen LogP contribution is 2.24. The normalized spacial score (nSPS) is 19.6. The van der Waals surface area contributed by atoms with Crippen LogP contribution in [-0.4, -0.2) is 32.4 Å². The van der Waals surface area contributed by atoms with Gasteiger partial charge in [-0.1, -0.05) is 0 Å². The quantitative estimate of drug-likeness (QED) is 0.735. The number of hydrogen-bond acceptors (Lipinski definition) is 4. The summed E-state index contributed by atoms with van der Waals surface area (Å²) in [4.78, 5) is 14.7. The average Bonchev–Trinajstić information content (AvgIpc) is 2.56. The number of hydrogen-bond donors (Lipinski definition) is 1. The van der Waals surface area contributed by atoms with Crippen molar-refractivity contribution in [3.8, 4) is 0 Å². The Labute approximate surface area is 113 Å². The van der Waals surface area contributed by atoms with Gasteiger partial charge in [0.2, 0.25) is 0 Å². The molecule has 0 unspecified atom stereocenters. The highest BCUT2D eigenvalue weighted by molar-refractivity contribution is 7.80. The van der Waals surface area contributed by atoms with Crippen LogP contribution in [0.3, 0.4) is 0 Å². The first kappa shape index (κ1) is 13.3. The van der Waals surface area contributed by atoms with Crippen LogP contribution in [0.25, 0.3) is 0 Å². The van der Waals surface area contributed by atoms with E-state index in [9.17, 15) is 4.79 Å². The van der Waals surface area contributed by atoms with Crippen molar-refractivity contribution < 1.29 is 9.53 Å². The first-order valence-corrected chi connectivity index (χ1v) is 6.46. The molecule has 2 heterocycles. The maximum Gasteiger partial charge on any atom is 0.410 e. The Morgan fingerprint density at radius 2 is 2.22 bits per heavy atom. The monoisotopic (exact) mass is 269 g/mol. The standard InChI is InChI=1S/C12H19N3O2S/c1-8-6-15-9(10(18)5-13-15)7-14(8)11(16)17-12(2,3)4/h5,8,18H,6-7H2,1-4H3/t8-/m0/s1. The molecule has 0 spiro atoms. The Morgan fingerprint density at radius 3 is 2.83 bits per heavy atom. The number of amides is 1.